The predicted molar refractivity (Wildman–Crippen MR) is 102 cm³/mol. The van der Waals surface area contributed by atoms with Crippen molar-refractivity contribution < 1.29 is 14.3 Å². The lowest BCUT2D eigenvalue weighted by Crippen LogP contribution is -2.45. The SMILES string of the molecule is C=CCOC(=O)C1=C(C)N=C2SCCC(=O)N2C1c1ccc(Br)cc1. The molecule has 0 spiro atoms. The molecule has 3 rings (SSSR count). The van der Waals surface area contributed by atoms with Gasteiger partial charge in [-0.15, -0.1) is 0 Å². The number of thioether (sulfide) groups is 1. The molecule has 7 heteroatoms. The molecule has 1 unspecified atom stereocenters. The van der Waals surface area contributed by atoms with Gasteiger partial charge in [-0.1, -0.05) is 52.5 Å². The molecule has 130 valence electrons. The van der Waals surface area contributed by atoms with Crippen LogP contribution in [0.3, 0.4) is 0 Å². The highest BCUT2D eigenvalue weighted by molar-refractivity contribution is 9.10. The summed E-state index contributed by atoms with van der Waals surface area (Å²) >= 11 is 4.95. The Bertz CT molecular complexity index is 786. The quantitative estimate of drug-likeness (QED) is 0.548. The van der Waals surface area contributed by atoms with Gasteiger partial charge in [-0.25, -0.2) is 9.79 Å². The number of hydrogen-bond donors (Lipinski definition) is 0. The van der Waals surface area contributed by atoms with Gasteiger partial charge in [0.2, 0.25) is 5.91 Å². The van der Waals surface area contributed by atoms with Gasteiger partial charge in [0, 0.05) is 16.6 Å². The van der Waals surface area contributed by atoms with Crippen molar-refractivity contribution in [2.45, 2.75) is 19.4 Å². The standard InChI is InChI=1S/C18H17BrN2O3S/c1-3-9-24-17(23)15-11(2)20-18-21(14(22)8-10-25-18)16(15)12-4-6-13(19)7-5-12/h3-7,16H,1,8-10H2,2H3. The van der Waals surface area contributed by atoms with Gasteiger partial charge in [0.05, 0.1) is 17.3 Å². The van der Waals surface area contributed by atoms with Crippen LogP contribution in [0.25, 0.3) is 0 Å². The second-order valence-electron chi connectivity index (χ2n) is 5.60. The predicted octanol–water partition coefficient (Wildman–Crippen LogP) is 3.83. The van der Waals surface area contributed by atoms with Crippen LogP contribution in [-0.4, -0.2) is 34.3 Å². The van der Waals surface area contributed by atoms with Crippen molar-refractivity contribution in [3.05, 3.63) is 58.2 Å². The van der Waals surface area contributed by atoms with E-state index in [9.17, 15) is 9.59 Å². The third-order valence-corrected chi connectivity index (χ3v) is 5.43. The lowest BCUT2D eigenvalue weighted by atomic mass is 9.94. The summed E-state index contributed by atoms with van der Waals surface area (Å²) in [6.45, 7) is 5.46. The number of rotatable bonds is 4. The summed E-state index contributed by atoms with van der Waals surface area (Å²) in [6.07, 6.45) is 1.94. The number of carbonyl (C=O) groups is 2. The molecule has 1 aromatic rings. The Labute approximate surface area is 159 Å². The summed E-state index contributed by atoms with van der Waals surface area (Å²) in [7, 11) is 0. The number of benzene rings is 1. The number of amidine groups is 1. The lowest BCUT2D eigenvalue weighted by Gasteiger charge is -2.38. The normalized spacial score (nSPS) is 20.1. The minimum absolute atomic E-state index is 0.0352. The van der Waals surface area contributed by atoms with E-state index < -0.39 is 12.0 Å². The number of hydrogen-bond acceptors (Lipinski definition) is 5. The monoisotopic (exact) mass is 420 g/mol. The maximum atomic E-state index is 12.6. The number of halogens is 1. The zero-order chi connectivity index (χ0) is 18.0. The lowest BCUT2D eigenvalue weighted by molar-refractivity contribution is -0.139. The van der Waals surface area contributed by atoms with Gasteiger partial charge in [-0.2, -0.15) is 0 Å². The molecule has 1 atom stereocenters. The van der Waals surface area contributed by atoms with E-state index in [4.69, 9.17) is 4.74 Å². The fraction of sp³-hybridized carbons (Fsp3) is 0.278. The van der Waals surface area contributed by atoms with E-state index in [1.165, 1.54) is 17.8 Å². The molecule has 0 saturated carbocycles. The van der Waals surface area contributed by atoms with Gasteiger partial charge >= 0.3 is 5.97 Å². The second kappa shape index (κ2) is 7.58. The molecule has 25 heavy (non-hydrogen) atoms. The number of ether oxygens (including phenoxy) is 1. The Kier molecular flexibility index (Phi) is 5.44. The van der Waals surface area contributed by atoms with Crippen LogP contribution in [0.5, 0.6) is 0 Å². The molecule has 0 bridgehead atoms. The van der Waals surface area contributed by atoms with Crippen molar-refractivity contribution >= 4 is 44.7 Å². The van der Waals surface area contributed by atoms with Crippen molar-refractivity contribution in [1.82, 2.24) is 4.90 Å². The summed E-state index contributed by atoms with van der Waals surface area (Å²) in [5.74, 6) is 0.188. The van der Waals surface area contributed by atoms with E-state index in [-0.39, 0.29) is 12.5 Å². The summed E-state index contributed by atoms with van der Waals surface area (Å²) in [5, 5.41) is 0.641. The highest BCUT2D eigenvalue weighted by atomic mass is 79.9. The summed E-state index contributed by atoms with van der Waals surface area (Å²) in [4.78, 5) is 31.4. The summed E-state index contributed by atoms with van der Waals surface area (Å²) in [6, 6.07) is 7.06. The van der Waals surface area contributed by atoms with E-state index in [0.717, 1.165) is 10.0 Å². The van der Waals surface area contributed by atoms with Crippen LogP contribution >= 0.6 is 27.7 Å². The molecule has 1 fully saturated rings. The smallest absolute Gasteiger partial charge is 0.338 e. The van der Waals surface area contributed by atoms with Gasteiger partial charge < -0.3 is 4.74 Å². The van der Waals surface area contributed by atoms with Gasteiger partial charge in [0.25, 0.3) is 0 Å². The fourth-order valence-electron chi connectivity index (χ4n) is 2.83. The maximum absolute atomic E-state index is 12.6. The Hall–Kier alpha value is -1.86. The van der Waals surface area contributed by atoms with Gasteiger partial charge in [-0.3, -0.25) is 9.69 Å². The minimum atomic E-state index is -0.529. The third kappa shape index (κ3) is 3.57. The zero-order valence-electron chi connectivity index (χ0n) is 13.7. The third-order valence-electron chi connectivity index (χ3n) is 3.94. The van der Waals surface area contributed by atoms with Gasteiger partial charge in [0.1, 0.15) is 6.61 Å². The summed E-state index contributed by atoms with van der Waals surface area (Å²) in [5.41, 5.74) is 1.82. The molecular formula is C18H17BrN2O3S. The number of carbonyl (C=O) groups excluding carboxylic acids is 2. The molecule has 0 N–H and O–H groups in total. The number of aliphatic imine (C=N–C) groups is 1. The molecule has 1 saturated heterocycles. The zero-order valence-corrected chi connectivity index (χ0v) is 16.1. The van der Waals surface area contributed by atoms with Crippen molar-refractivity contribution in [3.8, 4) is 0 Å². The number of nitrogens with zero attached hydrogens (tertiary/aromatic N) is 2. The largest absolute Gasteiger partial charge is 0.458 e. The van der Waals surface area contributed by atoms with Crippen LogP contribution in [0.15, 0.2) is 57.7 Å². The number of allylic oxidation sites excluding steroid dienone is 1. The summed E-state index contributed by atoms with van der Waals surface area (Å²) < 4.78 is 6.18. The highest BCUT2D eigenvalue weighted by Gasteiger charge is 2.41. The van der Waals surface area contributed by atoms with Crippen molar-refractivity contribution in [1.29, 1.82) is 0 Å². The molecule has 2 aliphatic heterocycles. The molecule has 0 aliphatic carbocycles. The van der Waals surface area contributed by atoms with Crippen molar-refractivity contribution in [2.75, 3.05) is 12.4 Å². The van der Waals surface area contributed by atoms with Gasteiger partial charge in [0.15, 0.2) is 5.17 Å². The Balaban J connectivity index is 2.11. The molecule has 1 aromatic carbocycles. The molecule has 5 nitrogen and oxygen atoms in total. The Morgan fingerprint density at radius 1 is 1.48 bits per heavy atom. The van der Waals surface area contributed by atoms with Crippen LogP contribution in [-0.2, 0) is 14.3 Å². The van der Waals surface area contributed by atoms with Crippen LogP contribution < -0.4 is 0 Å². The van der Waals surface area contributed by atoms with Crippen LogP contribution in [0.4, 0.5) is 0 Å². The highest BCUT2D eigenvalue weighted by Crippen LogP contribution is 2.40. The molecule has 2 heterocycles. The molecule has 2 aliphatic rings. The topological polar surface area (TPSA) is 59.0 Å². The van der Waals surface area contributed by atoms with E-state index in [1.54, 1.807) is 11.8 Å². The minimum Gasteiger partial charge on any atom is -0.458 e. The fourth-order valence-corrected chi connectivity index (χ4v) is 4.10. The van der Waals surface area contributed by atoms with Crippen LogP contribution in [0.2, 0.25) is 0 Å². The average molecular weight is 421 g/mol. The van der Waals surface area contributed by atoms with E-state index in [2.05, 4.69) is 27.5 Å². The number of esters is 1. The number of fused-ring (bicyclic) bond motifs is 1. The molecular weight excluding hydrogens is 404 g/mol. The van der Waals surface area contributed by atoms with Crippen LogP contribution in [0.1, 0.15) is 24.9 Å². The molecule has 1 amide bonds. The Morgan fingerprint density at radius 2 is 2.20 bits per heavy atom. The average Bonchev–Trinajstić information content (AvgIpc) is 2.59. The van der Waals surface area contributed by atoms with E-state index >= 15 is 0 Å². The van der Waals surface area contributed by atoms with Crippen molar-refractivity contribution in [3.63, 3.8) is 0 Å². The van der Waals surface area contributed by atoms with Gasteiger partial charge in [-0.05, 0) is 24.6 Å². The first-order valence-electron chi connectivity index (χ1n) is 7.80. The molecule has 0 radical (unpaired) electrons. The van der Waals surface area contributed by atoms with E-state index in [0.29, 0.717) is 28.6 Å². The number of amides is 1. The maximum Gasteiger partial charge on any atom is 0.338 e. The van der Waals surface area contributed by atoms with E-state index in [1.807, 2.05) is 24.3 Å². The second-order valence-corrected chi connectivity index (χ2v) is 7.57. The van der Waals surface area contributed by atoms with Crippen molar-refractivity contribution in [2.24, 2.45) is 4.99 Å². The first-order valence-corrected chi connectivity index (χ1v) is 9.58. The van der Waals surface area contributed by atoms with Crippen LogP contribution in [0, 0.1) is 0 Å². The Morgan fingerprint density at radius 3 is 2.88 bits per heavy atom. The molecule has 0 aromatic heterocycles. The first kappa shape index (κ1) is 17.9. The first-order chi connectivity index (χ1) is 12.0.